The summed E-state index contributed by atoms with van der Waals surface area (Å²) >= 11 is 0. The first-order valence-electron chi connectivity index (χ1n) is 11.3. The monoisotopic (exact) mass is 448 g/mol. The van der Waals surface area contributed by atoms with Crippen LogP contribution in [0, 0.1) is 6.92 Å². The normalized spacial score (nSPS) is 14.4. The molecule has 2 amide bonds. The van der Waals surface area contributed by atoms with Crippen LogP contribution in [0.4, 0.5) is 0 Å². The first kappa shape index (κ1) is 22.5. The van der Waals surface area contributed by atoms with Crippen LogP contribution in [-0.2, 0) is 17.9 Å². The number of carbonyl (C=O) groups is 2. The molecule has 8 heteroatoms. The van der Waals surface area contributed by atoms with Crippen LogP contribution in [0.5, 0.6) is 0 Å². The van der Waals surface area contributed by atoms with Crippen molar-refractivity contribution in [1.29, 1.82) is 0 Å². The number of fused-ring (bicyclic) bond motifs is 1. The zero-order chi connectivity index (χ0) is 23.5. The summed E-state index contributed by atoms with van der Waals surface area (Å²) in [4.78, 5) is 55.1. The van der Waals surface area contributed by atoms with Gasteiger partial charge in [-0.2, -0.15) is 0 Å². The Balaban J connectivity index is 1.53. The maximum atomic E-state index is 13.2. The maximum Gasteiger partial charge on any atom is 0.331 e. The summed E-state index contributed by atoms with van der Waals surface area (Å²) in [6.45, 7) is 5.68. The lowest BCUT2D eigenvalue weighted by molar-refractivity contribution is -0.131. The molecule has 8 nitrogen and oxygen atoms in total. The molecule has 0 saturated carbocycles. The fourth-order valence-electron chi connectivity index (χ4n) is 4.37. The molecule has 1 saturated heterocycles. The highest BCUT2D eigenvalue weighted by molar-refractivity contribution is 5.94. The van der Waals surface area contributed by atoms with E-state index in [1.165, 1.54) is 4.57 Å². The Bertz CT molecular complexity index is 1320. The third-order valence-corrected chi connectivity index (χ3v) is 6.14. The van der Waals surface area contributed by atoms with Gasteiger partial charge in [0.05, 0.1) is 10.9 Å². The molecule has 0 unspecified atom stereocenters. The van der Waals surface area contributed by atoms with Crippen molar-refractivity contribution in [3.8, 4) is 0 Å². The minimum absolute atomic E-state index is 0.0368. The van der Waals surface area contributed by atoms with Gasteiger partial charge in [-0.1, -0.05) is 29.8 Å². The molecule has 1 aromatic heterocycles. The van der Waals surface area contributed by atoms with Crippen LogP contribution in [0.25, 0.3) is 10.9 Å². The Morgan fingerprint density at radius 3 is 2.36 bits per heavy atom. The summed E-state index contributed by atoms with van der Waals surface area (Å²) in [7, 11) is 0. The van der Waals surface area contributed by atoms with E-state index >= 15 is 0 Å². The molecule has 3 aromatic rings. The van der Waals surface area contributed by atoms with Gasteiger partial charge in [-0.3, -0.25) is 23.5 Å². The number of hydrogen-bond acceptors (Lipinski definition) is 4. The second kappa shape index (κ2) is 9.44. The smallest absolute Gasteiger partial charge is 0.331 e. The number of hydrogen-bond donors (Lipinski definition) is 0. The number of para-hydroxylation sites is 1. The van der Waals surface area contributed by atoms with Gasteiger partial charge in [0, 0.05) is 38.3 Å². The van der Waals surface area contributed by atoms with Crippen LogP contribution < -0.4 is 11.2 Å². The Morgan fingerprint density at radius 2 is 1.61 bits per heavy atom. The molecule has 2 aromatic carbocycles. The Morgan fingerprint density at radius 1 is 0.879 bits per heavy atom. The third kappa shape index (κ3) is 4.46. The molecular formula is C25H28N4O4. The SMILES string of the molecule is CCn1c(=O)c2ccccc2n(CC(=O)N2CCCN(C(=O)c3cccc(C)c3)CC2)c1=O. The zero-order valence-corrected chi connectivity index (χ0v) is 19.0. The highest BCUT2D eigenvalue weighted by Gasteiger charge is 2.24. The van der Waals surface area contributed by atoms with Crippen LogP contribution in [0.15, 0.2) is 58.1 Å². The van der Waals surface area contributed by atoms with Gasteiger partial charge in [0.1, 0.15) is 6.54 Å². The minimum atomic E-state index is -0.486. The Hall–Kier alpha value is -3.68. The van der Waals surface area contributed by atoms with Crippen molar-refractivity contribution in [2.45, 2.75) is 33.4 Å². The van der Waals surface area contributed by atoms with Crippen molar-refractivity contribution in [3.05, 3.63) is 80.5 Å². The number of nitrogens with zero attached hydrogens (tertiary/aromatic N) is 4. The lowest BCUT2D eigenvalue weighted by atomic mass is 10.1. The van der Waals surface area contributed by atoms with E-state index in [0.717, 1.165) is 10.1 Å². The quantitative estimate of drug-likeness (QED) is 0.610. The van der Waals surface area contributed by atoms with Crippen molar-refractivity contribution < 1.29 is 9.59 Å². The van der Waals surface area contributed by atoms with Crippen LogP contribution in [-0.4, -0.2) is 56.9 Å². The summed E-state index contributed by atoms with van der Waals surface area (Å²) in [6.07, 6.45) is 0.660. The molecule has 0 spiro atoms. The first-order valence-corrected chi connectivity index (χ1v) is 11.3. The topological polar surface area (TPSA) is 84.6 Å². The lowest BCUT2D eigenvalue weighted by Gasteiger charge is -2.23. The first-order chi connectivity index (χ1) is 15.9. The number of benzene rings is 2. The van der Waals surface area contributed by atoms with Gasteiger partial charge in [-0.05, 0) is 44.5 Å². The summed E-state index contributed by atoms with van der Waals surface area (Å²) < 4.78 is 2.53. The number of amides is 2. The summed E-state index contributed by atoms with van der Waals surface area (Å²) in [5.74, 6) is -0.237. The lowest BCUT2D eigenvalue weighted by Crippen LogP contribution is -2.44. The second-order valence-corrected chi connectivity index (χ2v) is 8.33. The largest absolute Gasteiger partial charge is 0.339 e. The van der Waals surface area contributed by atoms with Crippen LogP contribution in [0.3, 0.4) is 0 Å². The van der Waals surface area contributed by atoms with Crippen molar-refractivity contribution >= 4 is 22.7 Å². The molecule has 0 N–H and O–H groups in total. The molecule has 1 fully saturated rings. The van der Waals surface area contributed by atoms with E-state index in [9.17, 15) is 19.2 Å². The van der Waals surface area contributed by atoms with E-state index in [1.807, 2.05) is 31.2 Å². The highest BCUT2D eigenvalue weighted by atomic mass is 16.2. The van der Waals surface area contributed by atoms with E-state index in [2.05, 4.69) is 0 Å². The standard InChI is InChI=1S/C25H28N4O4/c1-3-28-24(32)20-10-4-5-11-21(20)29(25(28)33)17-22(30)26-12-7-13-27(15-14-26)23(31)19-9-6-8-18(2)16-19/h4-6,8-11,16H,3,7,12-15,17H2,1-2H3. The van der Waals surface area contributed by atoms with Gasteiger partial charge in [-0.25, -0.2) is 4.79 Å². The van der Waals surface area contributed by atoms with Crippen LogP contribution in [0.1, 0.15) is 29.3 Å². The Kier molecular flexibility index (Phi) is 6.44. The molecule has 0 aliphatic carbocycles. The van der Waals surface area contributed by atoms with E-state index in [0.29, 0.717) is 49.1 Å². The summed E-state index contributed by atoms with van der Waals surface area (Å²) in [6, 6.07) is 14.4. The molecule has 2 heterocycles. The Labute approximate surface area is 191 Å². The van der Waals surface area contributed by atoms with Crippen LogP contribution >= 0.6 is 0 Å². The van der Waals surface area contributed by atoms with E-state index in [4.69, 9.17) is 0 Å². The van der Waals surface area contributed by atoms with Crippen molar-refractivity contribution in [1.82, 2.24) is 18.9 Å². The predicted octanol–water partition coefficient (Wildman–Crippen LogP) is 1.87. The van der Waals surface area contributed by atoms with E-state index in [-0.39, 0.29) is 30.5 Å². The zero-order valence-electron chi connectivity index (χ0n) is 19.0. The molecule has 1 aliphatic heterocycles. The van der Waals surface area contributed by atoms with Gasteiger partial charge in [0.2, 0.25) is 5.91 Å². The fraction of sp³-hybridized carbons (Fsp3) is 0.360. The molecule has 0 atom stereocenters. The van der Waals surface area contributed by atoms with Crippen molar-refractivity contribution in [3.63, 3.8) is 0 Å². The fourth-order valence-corrected chi connectivity index (χ4v) is 4.37. The molecule has 4 rings (SSSR count). The number of aryl methyl sites for hydroxylation is 1. The third-order valence-electron chi connectivity index (χ3n) is 6.14. The molecule has 172 valence electrons. The van der Waals surface area contributed by atoms with E-state index in [1.54, 1.807) is 41.0 Å². The van der Waals surface area contributed by atoms with Gasteiger partial charge in [0.15, 0.2) is 0 Å². The van der Waals surface area contributed by atoms with Crippen molar-refractivity contribution in [2.75, 3.05) is 26.2 Å². The molecule has 1 aliphatic rings. The van der Waals surface area contributed by atoms with Gasteiger partial charge in [0.25, 0.3) is 11.5 Å². The summed E-state index contributed by atoms with van der Waals surface area (Å²) in [5.41, 5.74) is 1.30. The minimum Gasteiger partial charge on any atom is -0.339 e. The predicted molar refractivity (Wildman–Crippen MR) is 126 cm³/mol. The van der Waals surface area contributed by atoms with E-state index < -0.39 is 5.69 Å². The number of carbonyl (C=O) groups excluding carboxylic acids is 2. The highest BCUT2D eigenvalue weighted by Crippen LogP contribution is 2.13. The van der Waals surface area contributed by atoms with Crippen molar-refractivity contribution in [2.24, 2.45) is 0 Å². The summed E-state index contributed by atoms with van der Waals surface area (Å²) in [5, 5.41) is 0.414. The van der Waals surface area contributed by atoms with Gasteiger partial charge >= 0.3 is 5.69 Å². The average molecular weight is 449 g/mol. The molecule has 0 bridgehead atoms. The maximum absolute atomic E-state index is 13.2. The van der Waals surface area contributed by atoms with Crippen LogP contribution in [0.2, 0.25) is 0 Å². The molecular weight excluding hydrogens is 420 g/mol. The molecule has 0 radical (unpaired) electrons. The number of aromatic nitrogens is 2. The molecule has 33 heavy (non-hydrogen) atoms. The van der Waals surface area contributed by atoms with Gasteiger partial charge < -0.3 is 9.80 Å². The second-order valence-electron chi connectivity index (χ2n) is 8.33. The average Bonchev–Trinajstić information content (AvgIpc) is 3.08. The van der Waals surface area contributed by atoms with Gasteiger partial charge in [-0.15, -0.1) is 0 Å². The number of rotatable bonds is 4.